The van der Waals surface area contributed by atoms with E-state index in [1.165, 1.54) is 0 Å². The molecule has 1 aliphatic rings. The largest absolute Gasteiger partial charge is 0.460 e. The maximum Gasteiger partial charge on any atom is 0.335 e. The first-order valence-electron chi connectivity index (χ1n) is 15.1. The zero-order chi connectivity index (χ0) is 32.3. The van der Waals surface area contributed by atoms with E-state index in [0.29, 0.717) is 110 Å². The van der Waals surface area contributed by atoms with Crippen LogP contribution in [0.2, 0.25) is 0 Å². The fraction of sp³-hybridized carbons (Fsp3) is 0.862. The van der Waals surface area contributed by atoms with Crippen LogP contribution in [-0.4, -0.2) is 140 Å². The Bertz CT molecular complexity index is 773. The Morgan fingerprint density at radius 1 is 0.523 bits per heavy atom. The lowest BCUT2D eigenvalue weighted by Gasteiger charge is -2.19. The van der Waals surface area contributed by atoms with Crippen LogP contribution in [0.3, 0.4) is 0 Å². The Balaban J connectivity index is 1.69. The Kier molecular flexibility index (Phi) is 23.5. The number of rotatable bonds is 29. The van der Waals surface area contributed by atoms with Crippen molar-refractivity contribution in [2.75, 3.05) is 106 Å². The van der Waals surface area contributed by atoms with E-state index in [2.05, 4.69) is 0 Å². The molecule has 1 rings (SSSR count). The van der Waals surface area contributed by atoms with Crippen LogP contribution in [-0.2, 0) is 66.6 Å². The first kappa shape index (κ1) is 39.8. The summed E-state index contributed by atoms with van der Waals surface area (Å²) >= 11 is 0. The maximum absolute atomic E-state index is 11.6. The molecular formula is C29H51NO14. The molecule has 0 radical (unpaired) electrons. The Morgan fingerprint density at radius 3 is 1.23 bits per heavy atom. The third-order valence-electron chi connectivity index (χ3n) is 5.34. The summed E-state index contributed by atoms with van der Waals surface area (Å²) in [6, 6.07) is 0. The second kappa shape index (κ2) is 26.0. The number of hydrogen-bond donors (Lipinski definition) is 0. The number of ether oxygens (including phenoxy) is 9. The van der Waals surface area contributed by atoms with Gasteiger partial charge in [-0.3, -0.25) is 14.4 Å². The van der Waals surface area contributed by atoms with Gasteiger partial charge in [-0.1, -0.05) is 0 Å². The molecule has 0 aromatic carbocycles. The number of hydroxylamine groups is 2. The number of imide groups is 1. The highest BCUT2D eigenvalue weighted by atomic mass is 16.7. The predicted octanol–water partition coefficient (Wildman–Crippen LogP) is 1.24. The van der Waals surface area contributed by atoms with Gasteiger partial charge in [-0.05, 0) is 27.2 Å². The number of carbonyl (C=O) groups is 4. The van der Waals surface area contributed by atoms with Crippen LogP contribution in [0.1, 0.15) is 52.9 Å². The highest BCUT2D eigenvalue weighted by molar-refractivity contribution is 6.01. The van der Waals surface area contributed by atoms with Gasteiger partial charge in [-0.25, -0.2) is 4.79 Å². The molecule has 1 fully saturated rings. The molecule has 44 heavy (non-hydrogen) atoms. The minimum Gasteiger partial charge on any atom is -0.460 e. The Morgan fingerprint density at radius 2 is 0.864 bits per heavy atom. The first-order valence-corrected chi connectivity index (χ1v) is 15.1. The van der Waals surface area contributed by atoms with Gasteiger partial charge in [-0.15, -0.1) is 5.06 Å². The van der Waals surface area contributed by atoms with Crippen LogP contribution in [0.4, 0.5) is 0 Å². The smallest absolute Gasteiger partial charge is 0.335 e. The van der Waals surface area contributed by atoms with Crippen LogP contribution >= 0.6 is 0 Å². The summed E-state index contributed by atoms with van der Waals surface area (Å²) in [5.74, 6) is -1.94. The lowest BCUT2D eigenvalue weighted by molar-refractivity contribution is -0.198. The lowest BCUT2D eigenvalue weighted by atomic mass is 10.2. The van der Waals surface area contributed by atoms with Gasteiger partial charge in [0.15, 0.2) is 0 Å². The Hall–Kier alpha value is -2.24. The molecule has 0 bridgehead atoms. The van der Waals surface area contributed by atoms with E-state index in [-0.39, 0.29) is 38.4 Å². The van der Waals surface area contributed by atoms with Crippen molar-refractivity contribution in [1.29, 1.82) is 0 Å². The topological polar surface area (TPSA) is 164 Å². The van der Waals surface area contributed by atoms with E-state index in [0.717, 1.165) is 0 Å². The third kappa shape index (κ3) is 24.1. The fourth-order valence-corrected chi connectivity index (χ4v) is 3.31. The van der Waals surface area contributed by atoms with Gasteiger partial charge in [0.05, 0.1) is 106 Å². The molecule has 15 nitrogen and oxygen atoms in total. The van der Waals surface area contributed by atoms with Gasteiger partial charge in [0.2, 0.25) is 0 Å². The lowest BCUT2D eigenvalue weighted by Crippen LogP contribution is -2.32. The van der Waals surface area contributed by atoms with Gasteiger partial charge in [0, 0.05) is 25.9 Å². The van der Waals surface area contributed by atoms with Crippen molar-refractivity contribution in [3.8, 4) is 0 Å². The van der Waals surface area contributed by atoms with Crippen LogP contribution in [0.25, 0.3) is 0 Å². The molecule has 0 spiro atoms. The zero-order valence-electron chi connectivity index (χ0n) is 26.5. The van der Waals surface area contributed by atoms with Gasteiger partial charge in [0.1, 0.15) is 5.60 Å². The second-order valence-corrected chi connectivity index (χ2v) is 10.4. The summed E-state index contributed by atoms with van der Waals surface area (Å²) < 4.78 is 48.5. The van der Waals surface area contributed by atoms with Crippen molar-refractivity contribution >= 4 is 23.8 Å². The number of nitrogens with zero attached hydrogens (tertiary/aromatic N) is 1. The highest BCUT2D eigenvalue weighted by Crippen LogP contribution is 2.12. The number of amides is 2. The predicted molar refractivity (Wildman–Crippen MR) is 153 cm³/mol. The maximum atomic E-state index is 11.6. The van der Waals surface area contributed by atoms with Crippen molar-refractivity contribution in [2.45, 2.75) is 58.5 Å². The molecule has 0 aromatic rings. The van der Waals surface area contributed by atoms with Crippen molar-refractivity contribution in [2.24, 2.45) is 0 Å². The minimum absolute atomic E-state index is 0.0583. The van der Waals surface area contributed by atoms with Crippen LogP contribution in [0.5, 0.6) is 0 Å². The molecule has 0 saturated carbocycles. The van der Waals surface area contributed by atoms with Crippen LogP contribution in [0.15, 0.2) is 0 Å². The van der Waals surface area contributed by atoms with E-state index in [4.69, 9.17) is 47.5 Å². The molecule has 2 amide bonds. The minimum atomic E-state index is -0.701. The molecular weight excluding hydrogens is 586 g/mol. The monoisotopic (exact) mass is 637 g/mol. The zero-order valence-corrected chi connectivity index (χ0v) is 26.5. The summed E-state index contributed by atoms with van der Waals surface area (Å²) in [7, 11) is 0. The molecule has 0 aliphatic carbocycles. The van der Waals surface area contributed by atoms with Gasteiger partial charge >= 0.3 is 11.9 Å². The SMILES string of the molecule is CC(C)(C)OC(=O)CCCOCCOCCOCCOCCOCCOCCOCCOCCC(=O)ON1C(=O)CCC1=O. The van der Waals surface area contributed by atoms with Crippen LogP contribution < -0.4 is 0 Å². The number of hydrogen-bond acceptors (Lipinski definition) is 14. The Labute approximate surface area is 259 Å². The molecule has 0 aromatic heterocycles. The standard InChI is InChI=1S/C29H51NO14/c1-29(2,3)43-27(33)5-4-9-35-11-13-37-15-17-39-19-21-41-23-24-42-22-20-40-18-16-38-14-12-36-10-8-28(34)44-30-25(31)6-7-26(30)32/h4-24H2,1-3H3. The summed E-state index contributed by atoms with van der Waals surface area (Å²) in [6.07, 6.45) is 1.00. The van der Waals surface area contributed by atoms with Gasteiger partial charge in [-0.2, -0.15) is 0 Å². The normalized spacial score (nSPS) is 13.6. The van der Waals surface area contributed by atoms with E-state index in [1.807, 2.05) is 20.8 Å². The van der Waals surface area contributed by atoms with Gasteiger partial charge < -0.3 is 47.5 Å². The van der Waals surface area contributed by atoms with E-state index in [1.54, 1.807) is 0 Å². The van der Waals surface area contributed by atoms with Crippen LogP contribution in [0, 0.1) is 0 Å². The number of carbonyl (C=O) groups excluding carboxylic acids is 4. The molecule has 1 aliphatic heterocycles. The van der Waals surface area contributed by atoms with Crippen molar-refractivity contribution in [3.05, 3.63) is 0 Å². The second-order valence-electron chi connectivity index (χ2n) is 10.4. The highest BCUT2D eigenvalue weighted by Gasteiger charge is 2.32. The summed E-state index contributed by atoms with van der Waals surface area (Å²) in [6.45, 7) is 12.1. The first-order chi connectivity index (χ1) is 21.2. The van der Waals surface area contributed by atoms with E-state index in [9.17, 15) is 19.2 Å². The average Bonchev–Trinajstić information content (AvgIpc) is 3.27. The molecule has 15 heteroatoms. The van der Waals surface area contributed by atoms with Crippen molar-refractivity contribution in [3.63, 3.8) is 0 Å². The molecule has 0 N–H and O–H groups in total. The summed E-state index contributed by atoms with van der Waals surface area (Å²) in [5.41, 5.74) is -0.459. The molecule has 256 valence electrons. The fourth-order valence-electron chi connectivity index (χ4n) is 3.31. The molecule has 1 saturated heterocycles. The molecule has 0 unspecified atom stereocenters. The molecule has 1 heterocycles. The van der Waals surface area contributed by atoms with E-state index < -0.39 is 23.4 Å². The van der Waals surface area contributed by atoms with Gasteiger partial charge in [0.25, 0.3) is 11.8 Å². The van der Waals surface area contributed by atoms with E-state index >= 15 is 0 Å². The van der Waals surface area contributed by atoms with Crippen molar-refractivity contribution in [1.82, 2.24) is 5.06 Å². The average molecular weight is 638 g/mol. The molecule has 0 atom stereocenters. The summed E-state index contributed by atoms with van der Waals surface area (Å²) in [4.78, 5) is 50.7. The van der Waals surface area contributed by atoms with Crippen molar-refractivity contribution < 1.29 is 66.6 Å². The summed E-state index contributed by atoms with van der Waals surface area (Å²) in [5, 5.41) is 0.516. The number of esters is 1. The third-order valence-corrected chi connectivity index (χ3v) is 5.34. The quantitative estimate of drug-likeness (QED) is 0.0654.